The van der Waals surface area contributed by atoms with Crippen LogP contribution in [0.1, 0.15) is 41.6 Å². The van der Waals surface area contributed by atoms with Crippen LogP contribution in [0.15, 0.2) is 35.2 Å². The van der Waals surface area contributed by atoms with Gasteiger partial charge in [-0.2, -0.15) is 11.3 Å². The van der Waals surface area contributed by atoms with Crippen LogP contribution < -0.4 is 0 Å². The minimum Gasteiger partial charge on any atom is -0.478 e. The van der Waals surface area contributed by atoms with Crippen LogP contribution in [0, 0.1) is 0 Å². The fraction of sp³-hybridized carbons (Fsp3) is 0.235. The number of nitrogens with zero attached hydrogens (tertiary/aromatic N) is 2. The van der Waals surface area contributed by atoms with Gasteiger partial charge in [-0.15, -0.1) is 0 Å². The van der Waals surface area contributed by atoms with Crippen molar-refractivity contribution in [2.45, 2.75) is 26.4 Å². The van der Waals surface area contributed by atoms with Crippen LogP contribution in [0.2, 0.25) is 0 Å². The van der Waals surface area contributed by atoms with Crippen LogP contribution in [0.4, 0.5) is 0 Å². The smallest absolute Gasteiger partial charge is 0.358 e. The van der Waals surface area contributed by atoms with Crippen LogP contribution in [0.5, 0.6) is 0 Å². The molecule has 0 radical (unpaired) electrons. The van der Waals surface area contributed by atoms with Crippen molar-refractivity contribution in [2.24, 2.45) is 0 Å². The van der Waals surface area contributed by atoms with Gasteiger partial charge in [0.2, 0.25) is 0 Å². The number of fused-ring (bicyclic) bond motifs is 1. The summed E-state index contributed by atoms with van der Waals surface area (Å²) in [6.45, 7) is 5.34. The number of imidazole rings is 1. The number of carbonyl (C=O) groups is 2. The molecule has 3 heterocycles. The number of pyridine rings is 1. The molecule has 0 bridgehead atoms. The standard InChI is InChI=1S/C17H16N2O4S/c1-17(2,3)23-16(22)13-12(10-6-8-24-9-10)18-14-11(15(20)21)5-4-7-19(13)14/h4-9H,1-3H3,(H,20,21). The molecule has 0 spiro atoms. The molecule has 1 N–H and O–H groups in total. The summed E-state index contributed by atoms with van der Waals surface area (Å²) in [5.41, 5.74) is 0.967. The minimum absolute atomic E-state index is 0.0313. The van der Waals surface area contributed by atoms with Gasteiger partial charge in [0.15, 0.2) is 11.3 Å². The van der Waals surface area contributed by atoms with Crippen molar-refractivity contribution in [1.29, 1.82) is 0 Å². The third-order valence-corrected chi connectivity index (χ3v) is 3.95. The summed E-state index contributed by atoms with van der Waals surface area (Å²) in [5, 5.41) is 13.1. The van der Waals surface area contributed by atoms with Gasteiger partial charge < -0.3 is 9.84 Å². The van der Waals surface area contributed by atoms with Crippen LogP contribution in [0.25, 0.3) is 16.9 Å². The summed E-state index contributed by atoms with van der Waals surface area (Å²) in [6, 6.07) is 4.87. The predicted molar refractivity (Wildman–Crippen MR) is 90.6 cm³/mol. The van der Waals surface area contributed by atoms with Crippen LogP contribution >= 0.6 is 11.3 Å². The van der Waals surface area contributed by atoms with E-state index < -0.39 is 17.5 Å². The molecule has 3 rings (SSSR count). The highest BCUT2D eigenvalue weighted by Crippen LogP contribution is 2.29. The van der Waals surface area contributed by atoms with Gasteiger partial charge in [-0.05, 0) is 44.4 Å². The molecule has 24 heavy (non-hydrogen) atoms. The number of aromatic nitrogens is 2. The summed E-state index contributed by atoms with van der Waals surface area (Å²) in [6.07, 6.45) is 1.61. The summed E-state index contributed by atoms with van der Waals surface area (Å²) in [4.78, 5) is 28.6. The third kappa shape index (κ3) is 2.90. The molecule has 7 heteroatoms. The molecule has 0 fully saturated rings. The van der Waals surface area contributed by atoms with Crippen molar-refractivity contribution >= 4 is 28.9 Å². The second-order valence-electron chi connectivity index (χ2n) is 6.24. The third-order valence-electron chi connectivity index (χ3n) is 3.27. The number of thiophene rings is 1. The molecule has 0 saturated heterocycles. The number of aromatic carboxylic acids is 1. The number of hydrogen-bond acceptors (Lipinski definition) is 5. The number of carboxylic acid groups (broad SMARTS) is 1. The van der Waals surface area contributed by atoms with Gasteiger partial charge in [0.05, 0.1) is 0 Å². The Bertz CT molecular complexity index is 920. The highest BCUT2D eigenvalue weighted by Gasteiger charge is 2.27. The fourth-order valence-electron chi connectivity index (χ4n) is 2.36. The second-order valence-corrected chi connectivity index (χ2v) is 7.02. The highest BCUT2D eigenvalue weighted by atomic mass is 32.1. The van der Waals surface area contributed by atoms with E-state index in [-0.39, 0.29) is 16.9 Å². The van der Waals surface area contributed by atoms with E-state index in [4.69, 9.17) is 4.74 Å². The molecule has 0 amide bonds. The van der Waals surface area contributed by atoms with Gasteiger partial charge in [-0.3, -0.25) is 4.40 Å². The summed E-state index contributed by atoms with van der Waals surface area (Å²) in [5.74, 6) is -1.64. The maximum atomic E-state index is 12.7. The average molecular weight is 344 g/mol. The number of hydrogen-bond donors (Lipinski definition) is 1. The first kappa shape index (κ1) is 16.2. The average Bonchev–Trinajstić information content (AvgIpc) is 3.11. The van der Waals surface area contributed by atoms with E-state index in [1.165, 1.54) is 21.8 Å². The van der Waals surface area contributed by atoms with Gasteiger partial charge in [0.1, 0.15) is 16.9 Å². The Balaban J connectivity index is 2.28. The Kier molecular flexibility index (Phi) is 3.88. The molecule has 6 nitrogen and oxygen atoms in total. The van der Waals surface area contributed by atoms with Crippen molar-refractivity contribution in [1.82, 2.24) is 9.38 Å². The van der Waals surface area contributed by atoms with E-state index in [1.54, 1.807) is 33.0 Å². The number of carbonyl (C=O) groups excluding carboxylic acids is 1. The van der Waals surface area contributed by atoms with Gasteiger partial charge in [-0.25, -0.2) is 14.6 Å². The molecular weight excluding hydrogens is 328 g/mol. The normalized spacial score (nSPS) is 11.6. The van der Waals surface area contributed by atoms with E-state index in [2.05, 4.69) is 4.98 Å². The molecule has 0 aromatic carbocycles. The maximum absolute atomic E-state index is 12.7. The first-order valence-corrected chi connectivity index (χ1v) is 8.22. The van der Waals surface area contributed by atoms with Gasteiger partial charge in [-0.1, -0.05) is 0 Å². The van der Waals surface area contributed by atoms with Gasteiger partial charge >= 0.3 is 11.9 Å². The first-order valence-electron chi connectivity index (χ1n) is 7.28. The number of carboxylic acids is 1. The Morgan fingerprint density at radius 1 is 1.29 bits per heavy atom. The fourth-order valence-corrected chi connectivity index (χ4v) is 3.00. The first-order chi connectivity index (χ1) is 11.3. The van der Waals surface area contributed by atoms with E-state index in [0.29, 0.717) is 5.69 Å². The molecular formula is C17H16N2O4S. The summed E-state index contributed by atoms with van der Waals surface area (Å²) < 4.78 is 6.96. The van der Waals surface area contributed by atoms with Gasteiger partial charge in [0.25, 0.3) is 0 Å². The van der Waals surface area contributed by atoms with Crippen LogP contribution in [-0.4, -0.2) is 32.0 Å². The van der Waals surface area contributed by atoms with Crippen LogP contribution in [0.3, 0.4) is 0 Å². The molecule has 0 aliphatic carbocycles. The minimum atomic E-state index is -1.10. The Morgan fingerprint density at radius 2 is 2.04 bits per heavy atom. The Labute approximate surface area is 142 Å². The molecule has 0 atom stereocenters. The monoisotopic (exact) mass is 344 g/mol. The highest BCUT2D eigenvalue weighted by molar-refractivity contribution is 7.08. The SMILES string of the molecule is CC(C)(C)OC(=O)c1c(-c2ccsc2)nc2c(C(=O)O)cccn12. The zero-order chi connectivity index (χ0) is 17.5. The van der Waals surface area contributed by atoms with Crippen molar-refractivity contribution < 1.29 is 19.4 Å². The summed E-state index contributed by atoms with van der Waals surface area (Å²) in [7, 11) is 0. The lowest BCUT2D eigenvalue weighted by molar-refractivity contribution is 0.00624. The maximum Gasteiger partial charge on any atom is 0.358 e. The largest absolute Gasteiger partial charge is 0.478 e. The Morgan fingerprint density at radius 3 is 2.62 bits per heavy atom. The molecule has 0 aliphatic rings. The van der Waals surface area contributed by atoms with Crippen molar-refractivity contribution in [3.05, 3.63) is 46.4 Å². The van der Waals surface area contributed by atoms with Crippen molar-refractivity contribution in [3.63, 3.8) is 0 Å². The molecule has 3 aromatic heterocycles. The molecule has 124 valence electrons. The van der Waals surface area contributed by atoms with E-state index in [9.17, 15) is 14.7 Å². The summed E-state index contributed by atoms with van der Waals surface area (Å²) >= 11 is 1.47. The molecule has 0 aliphatic heterocycles. The van der Waals surface area contributed by atoms with E-state index >= 15 is 0 Å². The molecule has 0 unspecified atom stereocenters. The zero-order valence-electron chi connectivity index (χ0n) is 13.4. The van der Waals surface area contributed by atoms with Crippen molar-refractivity contribution in [3.8, 4) is 11.3 Å². The van der Waals surface area contributed by atoms with E-state index in [1.807, 2.05) is 16.8 Å². The number of esters is 1. The lowest BCUT2D eigenvalue weighted by Crippen LogP contribution is -2.25. The predicted octanol–water partition coefficient (Wildman–Crippen LogP) is 3.72. The Hall–Kier alpha value is -2.67. The number of ether oxygens (including phenoxy) is 1. The molecule has 3 aromatic rings. The lowest BCUT2D eigenvalue weighted by Gasteiger charge is -2.19. The number of rotatable bonds is 3. The topological polar surface area (TPSA) is 80.9 Å². The zero-order valence-corrected chi connectivity index (χ0v) is 14.3. The molecule has 0 saturated carbocycles. The van der Waals surface area contributed by atoms with Crippen LogP contribution in [-0.2, 0) is 4.74 Å². The van der Waals surface area contributed by atoms with E-state index in [0.717, 1.165) is 5.56 Å². The van der Waals surface area contributed by atoms with Gasteiger partial charge in [0, 0.05) is 17.1 Å². The lowest BCUT2D eigenvalue weighted by atomic mass is 10.1. The second kappa shape index (κ2) is 5.76. The quantitative estimate of drug-likeness (QED) is 0.733. The van der Waals surface area contributed by atoms with Crippen molar-refractivity contribution in [2.75, 3.05) is 0 Å².